The van der Waals surface area contributed by atoms with Crippen LogP contribution in [0.2, 0.25) is 5.02 Å². The van der Waals surface area contributed by atoms with Crippen LogP contribution in [-0.2, 0) is 6.54 Å². The van der Waals surface area contributed by atoms with Crippen LogP contribution in [0.5, 0.6) is 11.8 Å². The van der Waals surface area contributed by atoms with Crippen LogP contribution >= 0.6 is 27.5 Å². The standard InChI is InChI=1S/C12H10BrClFN3O/c1-6-7(4-16)5-17-12(18-6)19-11-3-10(15)9(14)2-8(11)13/h2-3,5H,4,16H2,1H3. The number of ether oxygens (including phenoxy) is 1. The SMILES string of the molecule is Cc1nc(Oc2cc(F)c(Cl)cc2Br)ncc1CN. The number of aromatic nitrogens is 2. The van der Waals surface area contributed by atoms with Gasteiger partial charge in [0.25, 0.3) is 0 Å². The third kappa shape index (κ3) is 3.20. The molecule has 0 aliphatic carbocycles. The minimum Gasteiger partial charge on any atom is -0.423 e. The molecule has 0 bridgehead atoms. The zero-order valence-corrected chi connectivity index (χ0v) is 12.3. The van der Waals surface area contributed by atoms with Crippen LogP contribution in [0.1, 0.15) is 11.3 Å². The van der Waals surface area contributed by atoms with Gasteiger partial charge >= 0.3 is 6.01 Å². The Balaban J connectivity index is 2.31. The highest BCUT2D eigenvalue weighted by Crippen LogP contribution is 2.32. The molecule has 0 fully saturated rings. The second kappa shape index (κ2) is 5.81. The van der Waals surface area contributed by atoms with E-state index in [0.717, 1.165) is 11.3 Å². The summed E-state index contributed by atoms with van der Waals surface area (Å²) in [6, 6.07) is 2.70. The van der Waals surface area contributed by atoms with Crippen molar-refractivity contribution >= 4 is 27.5 Å². The number of rotatable bonds is 3. The first kappa shape index (κ1) is 14.2. The Morgan fingerprint density at radius 1 is 1.47 bits per heavy atom. The van der Waals surface area contributed by atoms with Crippen molar-refractivity contribution in [2.45, 2.75) is 13.5 Å². The van der Waals surface area contributed by atoms with Crippen LogP contribution in [0.3, 0.4) is 0 Å². The van der Waals surface area contributed by atoms with Crippen LogP contribution in [0.25, 0.3) is 0 Å². The van der Waals surface area contributed by atoms with Crippen LogP contribution in [0.15, 0.2) is 22.8 Å². The lowest BCUT2D eigenvalue weighted by molar-refractivity contribution is 0.433. The van der Waals surface area contributed by atoms with Crippen LogP contribution in [0, 0.1) is 12.7 Å². The summed E-state index contributed by atoms with van der Waals surface area (Å²) in [6.07, 6.45) is 1.58. The lowest BCUT2D eigenvalue weighted by atomic mass is 10.2. The van der Waals surface area contributed by atoms with Gasteiger partial charge in [0.2, 0.25) is 0 Å². The van der Waals surface area contributed by atoms with Gasteiger partial charge in [0.15, 0.2) is 0 Å². The molecule has 0 amide bonds. The molecule has 2 aromatic rings. The largest absolute Gasteiger partial charge is 0.423 e. The molecule has 0 spiro atoms. The molecule has 1 aromatic carbocycles. The van der Waals surface area contributed by atoms with Gasteiger partial charge in [-0.25, -0.2) is 9.37 Å². The van der Waals surface area contributed by atoms with Crippen molar-refractivity contribution in [3.05, 3.63) is 44.9 Å². The van der Waals surface area contributed by atoms with Crippen molar-refractivity contribution in [1.82, 2.24) is 9.97 Å². The summed E-state index contributed by atoms with van der Waals surface area (Å²) in [6.45, 7) is 2.15. The first-order valence-electron chi connectivity index (χ1n) is 5.36. The number of benzene rings is 1. The fourth-order valence-electron chi connectivity index (χ4n) is 1.40. The lowest BCUT2D eigenvalue weighted by Gasteiger charge is -2.08. The average Bonchev–Trinajstić information content (AvgIpc) is 2.36. The Morgan fingerprint density at radius 2 is 2.21 bits per heavy atom. The highest BCUT2D eigenvalue weighted by Gasteiger charge is 2.11. The molecule has 0 saturated carbocycles. The van der Waals surface area contributed by atoms with Crippen molar-refractivity contribution in [2.24, 2.45) is 5.73 Å². The number of nitrogens with two attached hydrogens (primary N) is 1. The number of halogens is 3. The monoisotopic (exact) mass is 345 g/mol. The zero-order chi connectivity index (χ0) is 14.0. The summed E-state index contributed by atoms with van der Waals surface area (Å²) in [5.41, 5.74) is 7.07. The minimum atomic E-state index is -0.574. The van der Waals surface area contributed by atoms with Crippen molar-refractivity contribution < 1.29 is 9.13 Å². The van der Waals surface area contributed by atoms with Gasteiger partial charge in [0.05, 0.1) is 9.50 Å². The third-order valence-electron chi connectivity index (χ3n) is 2.45. The van der Waals surface area contributed by atoms with E-state index in [0.29, 0.717) is 11.0 Å². The van der Waals surface area contributed by atoms with E-state index in [4.69, 9.17) is 22.1 Å². The molecule has 1 aromatic heterocycles. The summed E-state index contributed by atoms with van der Waals surface area (Å²) < 4.78 is 19.3. The molecule has 2 rings (SSSR count). The third-order valence-corrected chi connectivity index (χ3v) is 3.36. The second-order valence-electron chi connectivity index (χ2n) is 3.77. The first-order chi connectivity index (χ1) is 9.01. The summed E-state index contributed by atoms with van der Waals surface area (Å²) in [4.78, 5) is 8.15. The molecule has 100 valence electrons. The average molecular weight is 347 g/mol. The van der Waals surface area contributed by atoms with E-state index in [1.165, 1.54) is 12.1 Å². The molecule has 0 unspecified atom stereocenters. The van der Waals surface area contributed by atoms with Crippen LogP contribution in [0.4, 0.5) is 4.39 Å². The smallest absolute Gasteiger partial charge is 0.322 e. The number of aryl methyl sites for hydroxylation is 1. The normalized spacial score (nSPS) is 10.6. The van der Waals surface area contributed by atoms with Gasteiger partial charge in [-0.2, -0.15) is 4.98 Å². The summed E-state index contributed by atoms with van der Waals surface area (Å²) in [5, 5.41) is 0.00908. The van der Waals surface area contributed by atoms with Gasteiger partial charge in [-0.15, -0.1) is 0 Å². The van der Waals surface area contributed by atoms with Crippen molar-refractivity contribution in [2.75, 3.05) is 0 Å². The quantitative estimate of drug-likeness (QED) is 0.863. The number of hydrogen-bond acceptors (Lipinski definition) is 4. The van der Waals surface area contributed by atoms with E-state index in [2.05, 4.69) is 25.9 Å². The zero-order valence-electron chi connectivity index (χ0n) is 9.95. The van der Waals surface area contributed by atoms with Gasteiger partial charge in [0.1, 0.15) is 11.6 Å². The summed E-state index contributed by atoms with van der Waals surface area (Å²) >= 11 is 8.88. The highest BCUT2D eigenvalue weighted by atomic mass is 79.9. The van der Waals surface area contributed by atoms with Crippen molar-refractivity contribution in [3.63, 3.8) is 0 Å². The van der Waals surface area contributed by atoms with Gasteiger partial charge in [0, 0.05) is 30.1 Å². The summed E-state index contributed by atoms with van der Waals surface area (Å²) in [5.74, 6) is -0.322. The van der Waals surface area contributed by atoms with E-state index in [-0.39, 0.29) is 16.8 Å². The summed E-state index contributed by atoms with van der Waals surface area (Å²) in [7, 11) is 0. The predicted molar refractivity (Wildman–Crippen MR) is 73.8 cm³/mol. The maximum atomic E-state index is 13.4. The molecule has 0 aliphatic rings. The van der Waals surface area contributed by atoms with Gasteiger partial charge < -0.3 is 10.5 Å². The van der Waals surface area contributed by atoms with Crippen molar-refractivity contribution in [1.29, 1.82) is 0 Å². The van der Waals surface area contributed by atoms with Gasteiger partial charge in [-0.1, -0.05) is 11.6 Å². The Labute approximate surface area is 122 Å². The fourth-order valence-corrected chi connectivity index (χ4v) is 2.12. The van der Waals surface area contributed by atoms with Crippen LogP contribution < -0.4 is 10.5 Å². The fraction of sp³-hybridized carbons (Fsp3) is 0.167. The van der Waals surface area contributed by atoms with E-state index in [1.807, 2.05) is 0 Å². The molecule has 19 heavy (non-hydrogen) atoms. The molecule has 7 heteroatoms. The minimum absolute atomic E-state index is 0.00908. The molecular weight excluding hydrogens is 337 g/mol. The molecule has 4 nitrogen and oxygen atoms in total. The van der Waals surface area contributed by atoms with Gasteiger partial charge in [-0.05, 0) is 28.9 Å². The Kier molecular flexibility index (Phi) is 4.34. The Bertz CT molecular complexity index is 624. The Hall–Kier alpha value is -1.24. The molecule has 0 aliphatic heterocycles. The maximum absolute atomic E-state index is 13.4. The molecule has 0 radical (unpaired) electrons. The molecule has 0 atom stereocenters. The Morgan fingerprint density at radius 3 is 2.84 bits per heavy atom. The topological polar surface area (TPSA) is 61.0 Å². The highest BCUT2D eigenvalue weighted by molar-refractivity contribution is 9.10. The van der Waals surface area contributed by atoms with E-state index >= 15 is 0 Å². The molecular formula is C12H10BrClFN3O. The second-order valence-corrected chi connectivity index (χ2v) is 5.03. The molecule has 2 N–H and O–H groups in total. The van der Waals surface area contributed by atoms with Crippen LogP contribution in [-0.4, -0.2) is 9.97 Å². The number of nitrogens with zero attached hydrogens (tertiary/aromatic N) is 2. The van der Waals surface area contributed by atoms with E-state index in [1.54, 1.807) is 13.1 Å². The van der Waals surface area contributed by atoms with Gasteiger partial charge in [-0.3, -0.25) is 0 Å². The van der Waals surface area contributed by atoms with E-state index < -0.39 is 5.82 Å². The van der Waals surface area contributed by atoms with E-state index in [9.17, 15) is 4.39 Å². The molecule has 0 saturated heterocycles. The first-order valence-corrected chi connectivity index (χ1v) is 6.53. The predicted octanol–water partition coefficient (Wildman–Crippen LogP) is 3.59. The lowest BCUT2D eigenvalue weighted by Crippen LogP contribution is -2.03. The maximum Gasteiger partial charge on any atom is 0.322 e. The number of hydrogen-bond donors (Lipinski definition) is 1. The van der Waals surface area contributed by atoms with Crippen molar-refractivity contribution in [3.8, 4) is 11.8 Å². The molecule has 1 heterocycles.